The van der Waals surface area contributed by atoms with Crippen LogP contribution in [0.5, 0.6) is 0 Å². The zero-order valence-corrected chi connectivity index (χ0v) is 10.4. The van der Waals surface area contributed by atoms with E-state index in [0.717, 1.165) is 13.8 Å². The van der Waals surface area contributed by atoms with E-state index in [0.29, 0.717) is 0 Å². The standard InChI is InChI=1S/C10H19NO7/c1-5(13)10(3,18)6(14)7(15)11-9(2,4-12)8(16)17/h5-6,12-14,18H,4H2,1-3H3,(H,11,15)(H,16,17)/t5-,6+,9+,10-/m1/s1. The number of carbonyl (C=O) groups excluding carboxylic acids is 1. The molecule has 0 fully saturated rings. The van der Waals surface area contributed by atoms with Crippen LogP contribution in [0.3, 0.4) is 0 Å². The number of amides is 1. The molecule has 6 N–H and O–H groups in total. The van der Waals surface area contributed by atoms with Crippen LogP contribution in [-0.2, 0) is 9.59 Å². The van der Waals surface area contributed by atoms with Gasteiger partial charge in [0.1, 0.15) is 5.60 Å². The van der Waals surface area contributed by atoms with Gasteiger partial charge in [0.25, 0.3) is 5.91 Å². The molecule has 0 aromatic rings. The lowest BCUT2D eigenvalue weighted by atomic mass is 9.92. The number of hydrogen-bond acceptors (Lipinski definition) is 6. The van der Waals surface area contributed by atoms with Crippen molar-refractivity contribution in [3.63, 3.8) is 0 Å². The first kappa shape index (κ1) is 16.8. The van der Waals surface area contributed by atoms with Crippen LogP contribution in [0, 0.1) is 0 Å². The SMILES string of the molecule is C[C@@H](O)[C@@](C)(O)[C@@H](O)C(=O)N[C@@](C)(CO)C(=O)O. The smallest absolute Gasteiger partial charge is 0.331 e. The predicted octanol–water partition coefficient (Wildman–Crippen LogP) is -2.57. The first-order valence-electron chi connectivity index (χ1n) is 5.24. The molecule has 0 spiro atoms. The van der Waals surface area contributed by atoms with Crippen molar-refractivity contribution in [1.82, 2.24) is 5.32 Å². The maximum Gasteiger partial charge on any atom is 0.331 e. The molecule has 0 rings (SSSR count). The van der Waals surface area contributed by atoms with E-state index in [2.05, 4.69) is 0 Å². The van der Waals surface area contributed by atoms with Crippen LogP contribution < -0.4 is 5.32 Å². The number of carboxylic acids is 1. The van der Waals surface area contributed by atoms with Crippen molar-refractivity contribution < 1.29 is 35.1 Å². The maximum atomic E-state index is 11.6. The molecule has 8 heteroatoms. The number of nitrogens with one attached hydrogen (secondary N) is 1. The second kappa shape index (κ2) is 5.61. The Bertz CT molecular complexity index is 328. The average Bonchev–Trinajstić information content (AvgIpc) is 2.26. The molecule has 1 amide bonds. The number of hydrogen-bond donors (Lipinski definition) is 6. The molecule has 0 aromatic heterocycles. The van der Waals surface area contributed by atoms with Crippen molar-refractivity contribution in [1.29, 1.82) is 0 Å². The fraction of sp³-hybridized carbons (Fsp3) is 0.800. The van der Waals surface area contributed by atoms with E-state index in [1.165, 1.54) is 6.92 Å². The van der Waals surface area contributed by atoms with Crippen molar-refractivity contribution in [2.75, 3.05) is 6.61 Å². The quantitative estimate of drug-likeness (QED) is 0.309. The van der Waals surface area contributed by atoms with E-state index < -0.39 is 41.8 Å². The minimum atomic E-state index is -2.14. The normalized spacial score (nSPS) is 21.3. The first-order chi connectivity index (χ1) is 7.99. The highest BCUT2D eigenvalue weighted by atomic mass is 16.4. The Morgan fingerprint density at radius 1 is 1.28 bits per heavy atom. The number of aliphatic hydroxyl groups is 4. The van der Waals surface area contributed by atoms with Crippen molar-refractivity contribution >= 4 is 11.9 Å². The van der Waals surface area contributed by atoms with Crippen LogP contribution in [0.4, 0.5) is 0 Å². The molecular weight excluding hydrogens is 246 g/mol. The fourth-order valence-corrected chi connectivity index (χ4v) is 0.995. The molecule has 8 nitrogen and oxygen atoms in total. The van der Waals surface area contributed by atoms with Gasteiger partial charge in [-0.15, -0.1) is 0 Å². The minimum Gasteiger partial charge on any atom is -0.479 e. The second-order valence-corrected chi connectivity index (χ2v) is 4.59. The molecule has 0 radical (unpaired) electrons. The molecule has 0 saturated carbocycles. The second-order valence-electron chi connectivity index (χ2n) is 4.59. The van der Waals surface area contributed by atoms with Crippen molar-refractivity contribution in [2.24, 2.45) is 0 Å². The summed E-state index contributed by atoms with van der Waals surface area (Å²) in [6.07, 6.45) is -3.45. The van der Waals surface area contributed by atoms with Gasteiger partial charge in [0.15, 0.2) is 11.6 Å². The van der Waals surface area contributed by atoms with E-state index in [9.17, 15) is 24.9 Å². The highest BCUT2D eigenvalue weighted by Crippen LogP contribution is 2.16. The molecular formula is C10H19NO7. The lowest BCUT2D eigenvalue weighted by Gasteiger charge is -2.33. The number of rotatable bonds is 6. The van der Waals surface area contributed by atoms with Crippen molar-refractivity contribution in [3.05, 3.63) is 0 Å². The van der Waals surface area contributed by atoms with Gasteiger partial charge in [-0.3, -0.25) is 4.79 Å². The summed E-state index contributed by atoms with van der Waals surface area (Å²) in [5.41, 5.74) is -4.12. The third-order valence-electron chi connectivity index (χ3n) is 2.84. The Kier molecular flexibility index (Phi) is 5.23. The van der Waals surface area contributed by atoms with Gasteiger partial charge < -0.3 is 30.8 Å². The van der Waals surface area contributed by atoms with Gasteiger partial charge in [-0.1, -0.05) is 0 Å². The van der Waals surface area contributed by atoms with Gasteiger partial charge >= 0.3 is 5.97 Å². The summed E-state index contributed by atoms with van der Waals surface area (Å²) < 4.78 is 0. The van der Waals surface area contributed by atoms with Gasteiger partial charge in [0.05, 0.1) is 12.7 Å². The topological polar surface area (TPSA) is 147 Å². The number of aliphatic hydroxyl groups excluding tert-OH is 3. The minimum absolute atomic E-state index is 0.891. The lowest BCUT2D eigenvalue weighted by molar-refractivity contribution is -0.164. The molecule has 0 unspecified atom stereocenters. The molecule has 0 aliphatic carbocycles. The molecule has 0 aliphatic rings. The van der Waals surface area contributed by atoms with Crippen molar-refractivity contribution in [2.45, 2.75) is 44.1 Å². The van der Waals surface area contributed by atoms with Crippen LogP contribution in [-0.4, -0.2) is 67.4 Å². The lowest BCUT2D eigenvalue weighted by Crippen LogP contribution is -2.62. The summed E-state index contributed by atoms with van der Waals surface area (Å²) in [7, 11) is 0. The van der Waals surface area contributed by atoms with Crippen LogP contribution in [0.25, 0.3) is 0 Å². The van der Waals surface area contributed by atoms with Gasteiger partial charge in [-0.2, -0.15) is 0 Å². The summed E-state index contributed by atoms with van der Waals surface area (Å²) in [4.78, 5) is 22.4. The van der Waals surface area contributed by atoms with Crippen LogP contribution in [0.1, 0.15) is 20.8 Å². The molecule has 0 bridgehead atoms. The summed E-state index contributed by atoms with van der Waals surface area (Å²) in [5.74, 6) is -2.71. The Balaban J connectivity index is 4.94. The van der Waals surface area contributed by atoms with Crippen LogP contribution in [0.15, 0.2) is 0 Å². The summed E-state index contributed by atoms with van der Waals surface area (Å²) in [5, 5.41) is 48.0. The largest absolute Gasteiger partial charge is 0.479 e. The van der Waals surface area contributed by atoms with Gasteiger partial charge in [-0.05, 0) is 20.8 Å². The highest BCUT2D eigenvalue weighted by molar-refractivity contribution is 5.89. The summed E-state index contributed by atoms with van der Waals surface area (Å²) in [6, 6.07) is 0. The van der Waals surface area contributed by atoms with E-state index in [1.807, 2.05) is 5.32 Å². The predicted molar refractivity (Wildman–Crippen MR) is 59.6 cm³/mol. The Labute approximate surface area is 104 Å². The van der Waals surface area contributed by atoms with Crippen LogP contribution >= 0.6 is 0 Å². The Morgan fingerprint density at radius 2 is 1.72 bits per heavy atom. The van der Waals surface area contributed by atoms with Crippen molar-refractivity contribution in [3.8, 4) is 0 Å². The third kappa shape index (κ3) is 3.39. The molecule has 0 heterocycles. The first-order valence-corrected chi connectivity index (χ1v) is 5.24. The maximum absolute atomic E-state index is 11.6. The molecule has 106 valence electrons. The van der Waals surface area contributed by atoms with Crippen LogP contribution in [0.2, 0.25) is 0 Å². The number of carboxylic acid groups (broad SMARTS) is 1. The average molecular weight is 265 g/mol. The number of aliphatic carboxylic acids is 1. The Hall–Kier alpha value is -1.22. The molecule has 0 saturated heterocycles. The van der Waals surface area contributed by atoms with Gasteiger partial charge in [0.2, 0.25) is 0 Å². The molecule has 0 aromatic carbocycles. The molecule has 0 aliphatic heterocycles. The van der Waals surface area contributed by atoms with E-state index in [-0.39, 0.29) is 0 Å². The van der Waals surface area contributed by atoms with E-state index in [4.69, 9.17) is 10.2 Å². The van der Waals surface area contributed by atoms with Gasteiger partial charge in [0, 0.05) is 0 Å². The zero-order valence-electron chi connectivity index (χ0n) is 10.4. The monoisotopic (exact) mass is 265 g/mol. The third-order valence-corrected chi connectivity index (χ3v) is 2.84. The van der Waals surface area contributed by atoms with Gasteiger partial charge in [-0.25, -0.2) is 4.79 Å². The molecule has 18 heavy (non-hydrogen) atoms. The zero-order chi connectivity index (χ0) is 14.7. The Morgan fingerprint density at radius 3 is 2.00 bits per heavy atom. The highest BCUT2D eigenvalue weighted by Gasteiger charge is 2.43. The molecule has 4 atom stereocenters. The summed E-state index contributed by atoms with van der Waals surface area (Å²) in [6.45, 7) is 2.34. The number of carbonyl (C=O) groups is 2. The summed E-state index contributed by atoms with van der Waals surface area (Å²) >= 11 is 0. The fourth-order valence-electron chi connectivity index (χ4n) is 0.995. The van der Waals surface area contributed by atoms with E-state index in [1.54, 1.807) is 0 Å². The van der Waals surface area contributed by atoms with E-state index >= 15 is 0 Å².